The van der Waals surface area contributed by atoms with E-state index in [1.807, 2.05) is 102 Å². The number of benzene rings is 7. The maximum absolute atomic E-state index is 7.21. The molecule has 0 unspecified atom stereocenters. The molecular weight excluding hydrogens is 720 g/mol. The first-order valence-corrected chi connectivity index (χ1v) is 19.2. The van der Waals surface area contributed by atoms with Crippen molar-refractivity contribution in [2.45, 2.75) is 0 Å². The monoisotopic (exact) mass is 740 g/mol. The lowest BCUT2D eigenvalue weighted by atomic mass is 9.72. The molecule has 14 radical (unpaired) electrons. The molecule has 0 bridgehead atoms. The topological polar surface area (TPSA) is 56.7 Å². The zero-order valence-corrected chi connectivity index (χ0v) is 31.4. The number of thiophene rings is 1. The number of nitrogens with zero attached hydrogens (tertiary/aromatic N) is 4. The van der Waals surface area contributed by atoms with Gasteiger partial charge in [-0.25, -0.2) is 15.0 Å². The molecule has 11 rings (SSSR count). The van der Waals surface area contributed by atoms with Crippen LogP contribution in [-0.4, -0.2) is 74.4 Å². The summed E-state index contributed by atoms with van der Waals surface area (Å²) in [4.78, 5) is 15.0. The molecule has 4 aromatic heterocycles. The number of aromatic nitrogens is 4. The zero-order chi connectivity index (χ0) is 39.6. The van der Waals surface area contributed by atoms with E-state index in [1.54, 1.807) is 12.1 Å². The Morgan fingerprint density at radius 3 is 1.91 bits per heavy atom. The predicted octanol–water partition coefficient (Wildman–Crippen LogP) is 3.79. The van der Waals surface area contributed by atoms with E-state index in [9.17, 15) is 0 Å². The molecule has 0 aliphatic carbocycles. The van der Waals surface area contributed by atoms with Gasteiger partial charge in [0.05, 0.1) is 0 Å². The van der Waals surface area contributed by atoms with Gasteiger partial charge in [0.1, 0.15) is 66.1 Å². The normalized spacial score (nSPS) is 11.9. The van der Waals surface area contributed by atoms with Crippen molar-refractivity contribution in [1.29, 1.82) is 0 Å². The molecule has 13 heteroatoms. The molecule has 0 saturated heterocycles. The van der Waals surface area contributed by atoms with Crippen LogP contribution in [0.25, 0.3) is 104 Å². The van der Waals surface area contributed by atoms with Crippen molar-refractivity contribution in [3.05, 3.63) is 115 Å². The van der Waals surface area contributed by atoms with Crippen molar-refractivity contribution < 1.29 is 4.42 Å². The number of hydrogen-bond acceptors (Lipinski definition) is 5. The van der Waals surface area contributed by atoms with Crippen molar-refractivity contribution in [2.24, 2.45) is 0 Å². The third kappa shape index (κ3) is 5.15. The Morgan fingerprint density at radius 2 is 1.12 bits per heavy atom. The van der Waals surface area contributed by atoms with E-state index in [-0.39, 0.29) is 0 Å². The quantitative estimate of drug-likeness (QED) is 0.258. The Hall–Kier alpha value is -6.18. The summed E-state index contributed by atoms with van der Waals surface area (Å²) in [5.74, 6) is 1.47. The Kier molecular flexibility index (Phi) is 7.80. The molecule has 58 heavy (non-hydrogen) atoms. The van der Waals surface area contributed by atoms with Crippen LogP contribution < -0.4 is 38.2 Å². The molecule has 7 aromatic carbocycles. The van der Waals surface area contributed by atoms with E-state index in [1.165, 1.54) is 11.3 Å². The van der Waals surface area contributed by atoms with Gasteiger partial charge in [0, 0.05) is 59.0 Å². The second-order valence-electron chi connectivity index (χ2n) is 14.4. The Bertz CT molecular complexity index is 3560. The van der Waals surface area contributed by atoms with Gasteiger partial charge in [0.25, 0.3) is 0 Å². The predicted molar refractivity (Wildman–Crippen MR) is 248 cm³/mol. The third-order valence-electron chi connectivity index (χ3n) is 10.9. The van der Waals surface area contributed by atoms with Gasteiger partial charge in [-0.05, 0) is 46.5 Å². The summed E-state index contributed by atoms with van der Waals surface area (Å²) < 4.78 is 9.82. The molecule has 5 nitrogen and oxygen atoms in total. The minimum Gasteiger partial charge on any atom is -0.456 e. The fourth-order valence-corrected chi connectivity index (χ4v) is 9.46. The Labute approximate surface area is 345 Å². The molecule has 0 aliphatic rings. The zero-order valence-electron chi connectivity index (χ0n) is 30.6. The van der Waals surface area contributed by atoms with Gasteiger partial charge in [-0.3, -0.25) is 0 Å². The molecular formula is C45H19B7N4OS. The highest BCUT2D eigenvalue weighted by molar-refractivity contribution is 7.28. The van der Waals surface area contributed by atoms with Crippen LogP contribution in [-0.2, 0) is 0 Å². The highest BCUT2D eigenvalue weighted by Crippen LogP contribution is 2.37. The van der Waals surface area contributed by atoms with E-state index < -0.39 is 0 Å². The fraction of sp³-hybridized carbons (Fsp3) is 0. The van der Waals surface area contributed by atoms with Gasteiger partial charge < -0.3 is 8.98 Å². The second-order valence-corrected chi connectivity index (χ2v) is 15.4. The lowest BCUT2D eigenvalue weighted by Crippen LogP contribution is -2.31. The van der Waals surface area contributed by atoms with Gasteiger partial charge >= 0.3 is 0 Å². The fourth-order valence-electron chi connectivity index (χ4n) is 8.28. The summed E-state index contributed by atoms with van der Waals surface area (Å²) in [6.07, 6.45) is 0. The van der Waals surface area contributed by atoms with Crippen LogP contribution in [0.15, 0.2) is 120 Å². The van der Waals surface area contributed by atoms with Crippen LogP contribution in [0, 0.1) is 0 Å². The molecule has 0 atom stereocenters. The first-order chi connectivity index (χ1) is 28.1. The second kappa shape index (κ2) is 12.9. The van der Waals surface area contributed by atoms with Crippen LogP contribution in [0.2, 0.25) is 0 Å². The van der Waals surface area contributed by atoms with Gasteiger partial charge in [0.15, 0.2) is 17.5 Å². The molecule has 0 amide bonds. The molecule has 252 valence electrons. The number of para-hydroxylation sites is 1. The number of fused-ring (bicyclic) bond motifs is 9. The van der Waals surface area contributed by atoms with Gasteiger partial charge in [0.2, 0.25) is 0 Å². The van der Waals surface area contributed by atoms with Crippen LogP contribution in [0.3, 0.4) is 0 Å². The van der Waals surface area contributed by atoms with E-state index in [4.69, 9.17) is 74.3 Å². The first kappa shape index (κ1) is 35.0. The van der Waals surface area contributed by atoms with Crippen molar-refractivity contribution in [3.8, 4) is 39.9 Å². The lowest BCUT2D eigenvalue weighted by Gasteiger charge is -2.15. The van der Waals surface area contributed by atoms with Crippen LogP contribution >= 0.6 is 11.3 Å². The first-order valence-electron chi connectivity index (χ1n) is 18.4. The summed E-state index contributed by atoms with van der Waals surface area (Å²) in [7, 11) is 47.2. The summed E-state index contributed by atoms with van der Waals surface area (Å²) in [6.45, 7) is 0. The van der Waals surface area contributed by atoms with Crippen LogP contribution in [0.1, 0.15) is 0 Å². The summed E-state index contributed by atoms with van der Waals surface area (Å²) in [5, 5.41) is 4.82. The molecule has 0 fully saturated rings. The van der Waals surface area contributed by atoms with Gasteiger partial charge in [-0.1, -0.05) is 118 Å². The van der Waals surface area contributed by atoms with Crippen molar-refractivity contribution in [2.75, 3.05) is 0 Å². The minimum absolute atomic E-state index is 0.325. The standard InChI is InChI=1S/C45H19B7N4OS/c46-23-17-27-33-37(51)35-34-36(50)28(47)19-29(48)39(34)56(40(35)38(52)42(33)58-41(27)30(49)18-23)24-10-6-9-21(15-24)44-53-43(20-7-2-1-3-8-20)54-45(55-44)22-13-14-26-25-11-4-5-12-31(25)57-32(26)16-22/h1-19H. The summed E-state index contributed by atoms with van der Waals surface area (Å²) in [5.41, 5.74) is 8.91. The molecule has 0 saturated carbocycles. The number of furan rings is 1. The number of hydrogen-bond donors (Lipinski definition) is 0. The van der Waals surface area contributed by atoms with Crippen molar-refractivity contribution in [1.82, 2.24) is 19.5 Å². The summed E-state index contributed by atoms with van der Waals surface area (Å²) >= 11 is 1.46. The number of rotatable bonds is 4. The van der Waals surface area contributed by atoms with Crippen LogP contribution in [0.4, 0.5) is 0 Å². The molecule has 0 N–H and O–H groups in total. The van der Waals surface area contributed by atoms with E-state index >= 15 is 0 Å². The maximum atomic E-state index is 7.21. The molecule has 11 aromatic rings. The van der Waals surface area contributed by atoms with E-state index in [2.05, 4.69) is 6.07 Å². The van der Waals surface area contributed by atoms with Crippen molar-refractivity contribution in [3.63, 3.8) is 0 Å². The van der Waals surface area contributed by atoms with E-state index in [0.29, 0.717) is 77.5 Å². The van der Waals surface area contributed by atoms with Crippen molar-refractivity contribution >= 4 is 168 Å². The SMILES string of the molecule is [B]c1cc([B])c2sc3c([B])c4c(c([B])c3c2c1)c1c([B])c([B])cc([B])c1n4-c1cccc(-c2nc(-c3ccccc3)nc(-c3ccc4c(c3)oc3ccccc34)n2)c1. The average molecular weight is 739 g/mol. The highest BCUT2D eigenvalue weighted by atomic mass is 32.1. The van der Waals surface area contributed by atoms with Gasteiger partial charge in [-0.15, -0.1) is 16.8 Å². The minimum atomic E-state index is 0.325. The largest absolute Gasteiger partial charge is 0.456 e. The molecule has 4 heterocycles. The Morgan fingerprint density at radius 1 is 0.448 bits per heavy atom. The lowest BCUT2D eigenvalue weighted by molar-refractivity contribution is 0.669. The Balaban J connectivity index is 1.17. The maximum Gasteiger partial charge on any atom is 0.164 e. The van der Waals surface area contributed by atoms with E-state index in [0.717, 1.165) is 64.5 Å². The third-order valence-corrected chi connectivity index (χ3v) is 12.2. The van der Waals surface area contributed by atoms with Gasteiger partial charge in [-0.2, -0.15) is 0 Å². The smallest absolute Gasteiger partial charge is 0.164 e. The average Bonchev–Trinajstić information content (AvgIpc) is 3.93. The van der Waals surface area contributed by atoms with Crippen LogP contribution in [0.5, 0.6) is 0 Å². The summed E-state index contributed by atoms with van der Waals surface area (Å²) in [6, 6.07) is 36.9. The highest BCUT2D eigenvalue weighted by Gasteiger charge is 2.24. The molecule has 0 spiro atoms. The molecule has 0 aliphatic heterocycles.